The van der Waals surface area contributed by atoms with Gasteiger partial charge in [-0.05, 0) is 24.3 Å². The first-order chi connectivity index (χ1) is 12.9. The van der Waals surface area contributed by atoms with Crippen LogP contribution in [0.5, 0.6) is 0 Å². The van der Waals surface area contributed by atoms with Gasteiger partial charge in [-0.1, -0.05) is 6.07 Å². The Bertz CT molecular complexity index is 935. The van der Waals surface area contributed by atoms with Crippen molar-refractivity contribution in [2.75, 3.05) is 36.3 Å². The standard InChI is InChI=1S/C16H16F2N4O4S/c17-11-4-5-12(21-27(24,25)22-7-9-26-10-8-22)14(18)15(11)20-16(23)13-3-1-2-6-19-13/h1-6,21H,7-10H2,(H,20,23). The SMILES string of the molecule is O=C(Nc1c(F)ccc(NS(=O)(=O)N2CCOCC2)c1F)c1ccccn1. The molecule has 1 fully saturated rings. The molecule has 0 bridgehead atoms. The number of nitrogens with zero attached hydrogens (tertiary/aromatic N) is 2. The van der Waals surface area contributed by atoms with Crippen LogP contribution in [0.2, 0.25) is 0 Å². The van der Waals surface area contributed by atoms with Crippen LogP contribution in [0.25, 0.3) is 0 Å². The number of hydrogen-bond donors (Lipinski definition) is 2. The van der Waals surface area contributed by atoms with Crippen molar-refractivity contribution >= 4 is 27.5 Å². The molecule has 1 aliphatic heterocycles. The fourth-order valence-corrected chi connectivity index (χ4v) is 3.61. The zero-order valence-electron chi connectivity index (χ0n) is 14.0. The first-order valence-electron chi connectivity index (χ1n) is 7.94. The molecule has 0 spiro atoms. The van der Waals surface area contributed by atoms with E-state index in [9.17, 15) is 22.0 Å². The fourth-order valence-electron chi connectivity index (χ4n) is 2.41. The number of morpholine rings is 1. The monoisotopic (exact) mass is 398 g/mol. The highest BCUT2D eigenvalue weighted by Gasteiger charge is 2.26. The lowest BCUT2D eigenvalue weighted by atomic mass is 10.2. The van der Waals surface area contributed by atoms with Gasteiger partial charge < -0.3 is 10.1 Å². The van der Waals surface area contributed by atoms with E-state index < -0.39 is 39.1 Å². The molecule has 2 N–H and O–H groups in total. The van der Waals surface area contributed by atoms with Gasteiger partial charge in [0.1, 0.15) is 17.2 Å². The Balaban J connectivity index is 1.84. The third-order valence-electron chi connectivity index (χ3n) is 3.78. The lowest BCUT2D eigenvalue weighted by Crippen LogP contribution is -2.43. The third-order valence-corrected chi connectivity index (χ3v) is 5.30. The molecule has 2 aromatic rings. The third kappa shape index (κ3) is 4.38. The van der Waals surface area contributed by atoms with Gasteiger partial charge in [-0.3, -0.25) is 14.5 Å². The largest absolute Gasteiger partial charge is 0.379 e. The van der Waals surface area contributed by atoms with Gasteiger partial charge in [0.25, 0.3) is 5.91 Å². The maximum atomic E-state index is 14.7. The Hall–Kier alpha value is -2.63. The summed E-state index contributed by atoms with van der Waals surface area (Å²) >= 11 is 0. The van der Waals surface area contributed by atoms with Gasteiger partial charge in [-0.15, -0.1) is 0 Å². The van der Waals surface area contributed by atoms with Crippen LogP contribution in [0.4, 0.5) is 20.2 Å². The Kier molecular flexibility index (Phi) is 5.63. The second-order valence-electron chi connectivity index (χ2n) is 5.57. The summed E-state index contributed by atoms with van der Waals surface area (Å²) in [5, 5.41) is 2.08. The van der Waals surface area contributed by atoms with Gasteiger partial charge in [0.05, 0.1) is 18.9 Å². The minimum Gasteiger partial charge on any atom is -0.379 e. The number of benzene rings is 1. The number of nitrogens with one attached hydrogen (secondary N) is 2. The topological polar surface area (TPSA) is 101 Å². The lowest BCUT2D eigenvalue weighted by molar-refractivity contribution is 0.0733. The van der Waals surface area contributed by atoms with Gasteiger partial charge in [0, 0.05) is 19.3 Å². The number of ether oxygens (including phenoxy) is 1. The first-order valence-corrected chi connectivity index (χ1v) is 9.38. The summed E-state index contributed by atoms with van der Waals surface area (Å²) in [5.74, 6) is -3.12. The number of carbonyl (C=O) groups excluding carboxylic acids is 1. The highest BCUT2D eigenvalue weighted by molar-refractivity contribution is 7.90. The van der Waals surface area contributed by atoms with Crippen molar-refractivity contribution < 1.29 is 26.7 Å². The van der Waals surface area contributed by atoms with Gasteiger partial charge >= 0.3 is 10.2 Å². The summed E-state index contributed by atoms with van der Waals surface area (Å²) in [6.07, 6.45) is 1.36. The molecule has 1 aliphatic rings. The number of pyridine rings is 1. The van der Waals surface area contributed by atoms with E-state index in [0.717, 1.165) is 16.4 Å². The summed E-state index contributed by atoms with van der Waals surface area (Å²) < 4.78 is 61.6. The van der Waals surface area contributed by atoms with Crippen LogP contribution in [-0.2, 0) is 14.9 Å². The average Bonchev–Trinajstić information content (AvgIpc) is 2.68. The fraction of sp³-hybridized carbons (Fsp3) is 0.250. The predicted octanol–water partition coefficient (Wildman–Crippen LogP) is 1.60. The molecule has 0 atom stereocenters. The van der Waals surface area contributed by atoms with Crippen molar-refractivity contribution in [3.8, 4) is 0 Å². The van der Waals surface area contributed by atoms with Gasteiger partial charge in [0.15, 0.2) is 5.82 Å². The first kappa shape index (κ1) is 19.1. The highest BCUT2D eigenvalue weighted by atomic mass is 32.2. The van der Waals surface area contributed by atoms with E-state index in [0.29, 0.717) is 0 Å². The van der Waals surface area contributed by atoms with Crippen molar-refractivity contribution in [3.05, 3.63) is 53.9 Å². The molecule has 144 valence electrons. The molecule has 2 heterocycles. The zero-order chi connectivity index (χ0) is 19.4. The van der Waals surface area contributed by atoms with E-state index in [1.54, 1.807) is 12.1 Å². The molecule has 1 aromatic heterocycles. The second-order valence-corrected chi connectivity index (χ2v) is 7.24. The normalized spacial score (nSPS) is 15.3. The number of hydrogen-bond acceptors (Lipinski definition) is 5. The molecule has 0 aliphatic carbocycles. The van der Waals surface area contributed by atoms with Gasteiger partial charge in [-0.2, -0.15) is 12.7 Å². The van der Waals surface area contributed by atoms with E-state index in [2.05, 4.69) is 15.0 Å². The number of aromatic nitrogens is 1. The van der Waals surface area contributed by atoms with Crippen LogP contribution in [-0.4, -0.2) is 49.9 Å². The Labute approximate surface area is 154 Å². The smallest absolute Gasteiger partial charge is 0.301 e. The number of halogens is 2. The van der Waals surface area contributed by atoms with Crippen LogP contribution >= 0.6 is 0 Å². The van der Waals surface area contributed by atoms with Crippen LogP contribution in [0.15, 0.2) is 36.5 Å². The zero-order valence-corrected chi connectivity index (χ0v) is 14.8. The quantitative estimate of drug-likeness (QED) is 0.797. The maximum Gasteiger partial charge on any atom is 0.301 e. The number of rotatable bonds is 5. The molecule has 1 amide bonds. The average molecular weight is 398 g/mol. The van der Waals surface area contributed by atoms with Crippen molar-refractivity contribution in [2.24, 2.45) is 0 Å². The maximum absolute atomic E-state index is 14.7. The Morgan fingerprint density at radius 2 is 1.89 bits per heavy atom. The molecule has 1 saturated heterocycles. The molecule has 0 radical (unpaired) electrons. The Morgan fingerprint density at radius 3 is 2.56 bits per heavy atom. The van der Waals surface area contributed by atoms with Gasteiger partial charge in [0.2, 0.25) is 0 Å². The van der Waals surface area contributed by atoms with Crippen molar-refractivity contribution in [1.29, 1.82) is 0 Å². The molecule has 0 saturated carbocycles. The number of carbonyl (C=O) groups is 1. The van der Waals surface area contributed by atoms with Crippen molar-refractivity contribution in [3.63, 3.8) is 0 Å². The number of amides is 1. The summed E-state index contributed by atoms with van der Waals surface area (Å²) in [7, 11) is -4.05. The number of anilines is 2. The highest BCUT2D eigenvalue weighted by Crippen LogP contribution is 2.27. The molecule has 1 aromatic carbocycles. The van der Waals surface area contributed by atoms with E-state index in [1.807, 2.05) is 0 Å². The summed E-state index contributed by atoms with van der Waals surface area (Å²) in [4.78, 5) is 15.9. The summed E-state index contributed by atoms with van der Waals surface area (Å²) in [5.41, 5.74) is -1.30. The van der Waals surface area contributed by atoms with Crippen molar-refractivity contribution in [2.45, 2.75) is 0 Å². The van der Waals surface area contributed by atoms with Crippen LogP contribution in [0.1, 0.15) is 10.5 Å². The molecule has 0 unspecified atom stereocenters. The molecule has 11 heteroatoms. The molecular weight excluding hydrogens is 382 g/mol. The molecule has 27 heavy (non-hydrogen) atoms. The van der Waals surface area contributed by atoms with Crippen LogP contribution in [0.3, 0.4) is 0 Å². The van der Waals surface area contributed by atoms with E-state index in [1.165, 1.54) is 12.3 Å². The van der Waals surface area contributed by atoms with E-state index >= 15 is 0 Å². The molecule has 3 rings (SSSR count). The second kappa shape index (κ2) is 7.94. The van der Waals surface area contributed by atoms with E-state index in [-0.39, 0.29) is 32.0 Å². The predicted molar refractivity (Wildman–Crippen MR) is 93.5 cm³/mol. The van der Waals surface area contributed by atoms with Crippen LogP contribution < -0.4 is 10.0 Å². The molecular formula is C16H16F2N4O4S. The lowest BCUT2D eigenvalue weighted by Gasteiger charge is -2.26. The van der Waals surface area contributed by atoms with Gasteiger partial charge in [-0.25, -0.2) is 8.78 Å². The molecule has 8 nitrogen and oxygen atoms in total. The summed E-state index contributed by atoms with van der Waals surface area (Å²) in [6, 6.07) is 6.30. The van der Waals surface area contributed by atoms with Crippen molar-refractivity contribution in [1.82, 2.24) is 9.29 Å². The van der Waals surface area contributed by atoms with Crippen LogP contribution in [0, 0.1) is 11.6 Å². The minimum atomic E-state index is -4.05. The minimum absolute atomic E-state index is 0.0457. The Morgan fingerprint density at radius 1 is 1.15 bits per heavy atom. The summed E-state index contributed by atoms with van der Waals surface area (Å²) in [6.45, 7) is 0.666. The van der Waals surface area contributed by atoms with E-state index in [4.69, 9.17) is 4.74 Å².